The Kier molecular flexibility index (Phi) is 4.48. The van der Waals surface area contributed by atoms with Crippen LogP contribution in [0.15, 0.2) is 30.3 Å². The molecule has 1 aromatic heterocycles. The molecule has 0 radical (unpaired) electrons. The van der Waals surface area contributed by atoms with Crippen LogP contribution in [0.25, 0.3) is 11.3 Å². The van der Waals surface area contributed by atoms with E-state index in [9.17, 15) is 9.59 Å². The number of urea groups is 1. The molecule has 1 aromatic carbocycles. The lowest BCUT2D eigenvalue weighted by atomic mass is 9.86. The minimum absolute atomic E-state index is 0.115. The molecule has 3 amide bonds. The predicted octanol–water partition coefficient (Wildman–Crippen LogP) is 1.67. The van der Waals surface area contributed by atoms with Gasteiger partial charge in [-0.1, -0.05) is 45.0 Å². The van der Waals surface area contributed by atoms with E-state index in [0.29, 0.717) is 13.1 Å². The SMILES string of the molecule is CC(C)(C)c1ccc(-c2cc(CNC(=O)[C@@H]3CNC(=O)N3)[nH]n2)cc1. The average molecular weight is 341 g/mol. The van der Waals surface area contributed by atoms with Gasteiger partial charge in [-0.3, -0.25) is 9.89 Å². The molecule has 1 fully saturated rings. The maximum absolute atomic E-state index is 12.0. The zero-order chi connectivity index (χ0) is 18.0. The summed E-state index contributed by atoms with van der Waals surface area (Å²) in [6, 6.07) is 9.40. The Balaban J connectivity index is 1.60. The zero-order valence-electron chi connectivity index (χ0n) is 14.6. The largest absolute Gasteiger partial charge is 0.349 e. The maximum atomic E-state index is 12.0. The number of hydrogen-bond acceptors (Lipinski definition) is 3. The fraction of sp³-hybridized carbons (Fsp3) is 0.389. The van der Waals surface area contributed by atoms with Gasteiger partial charge in [0, 0.05) is 12.1 Å². The number of carbonyl (C=O) groups is 2. The van der Waals surface area contributed by atoms with E-state index >= 15 is 0 Å². The van der Waals surface area contributed by atoms with Gasteiger partial charge in [0.25, 0.3) is 0 Å². The van der Waals surface area contributed by atoms with Crippen molar-refractivity contribution < 1.29 is 9.59 Å². The lowest BCUT2D eigenvalue weighted by Crippen LogP contribution is -2.42. The molecule has 7 nitrogen and oxygen atoms in total. The summed E-state index contributed by atoms with van der Waals surface area (Å²) in [5, 5.41) is 15.1. The lowest BCUT2D eigenvalue weighted by molar-refractivity contribution is -0.122. The van der Waals surface area contributed by atoms with E-state index in [4.69, 9.17) is 0 Å². The Morgan fingerprint density at radius 3 is 2.60 bits per heavy atom. The topological polar surface area (TPSA) is 98.9 Å². The summed E-state index contributed by atoms with van der Waals surface area (Å²) in [4.78, 5) is 23.0. The monoisotopic (exact) mass is 341 g/mol. The summed E-state index contributed by atoms with van der Waals surface area (Å²) in [6.45, 7) is 7.18. The second kappa shape index (κ2) is 6.58. The molecule has 0 bridgehead atoms. The fourth-order valence-electron chi connectivity index (χ4n) is 2.66. The summed E-state index contributed by atoms with van der Waals surface area (Å²) in [5.41, 5.74) is 4.05. The van der Waals surface area contributed by atoms with Crippen LogP contribution in [0.2, 0.25) is 0 Å². The molecule has 0 aliphatic carbocycles. The van der Waals surface area contributed by atoms with Gasteiger partial charge in [0.1, 0.15) is 6.04 Å². The molecule has 1 aliphatic rings. The molecule has 25 heavy (non-hydrogen) atoms. The van der Waals surface area contributed by atoms with Gasteiger partial charge in [0.05, 0.1) is 17.9 Å². The molecule has 2 aromatic rings. The number of aromatic nitrogens is 2. The Morgan fingerprint density at radius 1 is 1.28 bits per heavy atom. The van der Waals surface area contributed by atoms with E-state index in [0.717, 1.165) is 17.0 Å². The number of H-pyrrole nitrogens is 1. The Labute approximate surface area is 146 Å². The molecule has 7 heteroatoms. The zero-order valence-corrected chi connectivity index (χ0v) is 14.6. The number of carbonyl (C=O) groups excluding carboxylic acids is 2. The molecule has 132 valence electrons. The molecule has 1 aliphatic heterocycles. The first-order valence-corrected chi connectivity index (χ1v) is 8.30. The van der Waals surface area contributed by atoms with Crippen LogP contribution >= 0.6 is 0 Å². The number of aromatic amines is 1. The summed E-state index contributed by atoms with van der Waals surface area (Å²) in [5.74, 6) is -0.218. The van der Waals surface area contributed by atoms with Crippen LogP contribution in [0.4, 0.5) is 4.79 Å². The van der Waals surface area contributed by atoms with Crippen LogP contribution < -0.4 is 16.0 Å². The van der Waals surface area contributed by atoms with E-state index in [1.807, 2.05) is 6.07 Å². The van der Waals surface area contributed by atoms with E-state index in [2.05, 4.69) is 71.2 Å². The molecule has 4 N–H and O–H groups in total. The second-order valence-corrected chi connectivity index (χ2v) is 7.23. The van der Waals surface area contributed by atoms with Gasteiger partial charge >= 0.3 is 6.03 Å². The number of nitrogens with zero attached hydrogens (tertiary/aromatic N) is 1. The highest BCUT2D eigenvalue weighted by Gasteiger charge is 2.26. The smallest absolute Gasteiger partial charge is 0.315 e. The van der Waals surface area contributed by atoms with Crippen LogP contribution in [-0.4, -0.2) is 34.7 Å². The summed E-state index contributed by atoms with van der Waals surface area (Å²) in [7, 11) is 0. The van der Waals surface area contributed by atoms with Crippen molar-refractivity contribution in [3.05, 3.63) is 41.6 Å². The number of amides is 3. The first kappa shape index (κ1) is 17.0. The summed E-state index contributed by atoms with van der Waals surface area (Å²) >= 11 is 0. The molecule has 0 spiro atoms. The van der Waals surface area contributed by atoms with Crippen LogP contribution in [0, 0.1) is 0 Å². The minimum Gasteiger partial charge on any atom is -0.349 e. The number of hydrogen-bond donors (Lipinski definition) is 4. The minimum atomic E-state index is -0.528. The Hall–Kier alpha value is -2.83. The molecular formula is C18H23N5O2. The maximum Gasteiger partial charge on any atom is 0.315 e. The molecular weight excluding hydrogens is 318 g/mol. The van der Waals surface area contributed by atoms with Crippen molar-refractivity contribution in [2.75, 3.05) is 6.54 Å². The van der Waals surface area contributed by atoms with E-state index in [1.165, 1.54) is 5.56 Å². The van der Waals surface area contributed by atoms with Crippen molar-refractivity contribution in [1.82, 2.24) is 26.1 Å². The van der Waals surface area contributed by atoms with E-state index in [-0.39, 0.29) is 17.4 Å². The number of rotatable bonds is 4. The van der Waals surface area contributed by atoms with Crippen molar-refractivity contribution in [3.8, 4) is 11.3 Å². The summed E-state index contributed by atoms with van der Waals surface area (Å²) in [6.07, 6.45) is 0. The molecule has 0 saturated carbocycles. The average Bonchev–Trinajstić information content (AvgIpc) is 3.21. The highest BCUT2D eigenvalue weighted by molar-refractivity contribution is 5.90. The lowest BCUT2D eigenvalue weighted by Gasteiger charge is -2.18. The number of benzene rings is 1. The Bertz CT molecular complexity index is 774. The molecule has 1 atom stereocenters. The standard InChI is InChI=1S/C18H23N5O2/c1-18(2,3)12-6-4-11(5-7-12)14-8-13(22-23-14)9-19-16(24)15-10-20-17(25)21-15/h4-8,15H,9-10H2,1-3H3,(H,19,24)(H,22,23)(H2,20,21,25)/t15-/m0/s1. The predicted molar refractivity (Wildman–Crippen MR) is 94.9 cm³/mol. The van der Waals surface area contributed by atoms with Crippen LogP contribution in [0.1, 0.15) is 32.0 Å². The quantitative estimate of drug-likeness (QED) is 0.681. The Morgan fingerprint density at radius 2 is 2.00 bits per heavy atom. The van der Waals surface area contributed by atoms with Gasteiger partial charge in [-0.25, -0.2) is 4.79 Å². The molecule has 2 heterocycles. The van der Waals surface area contributed by atoms with E-state index < -0.39 is 6.04 Å². The first-order valence-electron chi connectivity index (χ1n) is 8.30. The third-order valence-electron chi connectivity index (χ3n) is 4.22. The highest BCUT2D eigenvalue weighted by Crippen LogP contribution is 2.25. The second-order valence-electron chi connectivity index (χ2n) is 7.23. The van der Waals surface area contributed by atoms with Gasteiger partial charge in [0.2, 0.25) is 5.91 Å². The van der Waals surface area contributed by atoms with Gasteiger partial charge < -0.3 is 16.0 Å². The van der Waals surface area contributed by atoms with Crippen molar-refractivity contribution >= 4 is 11.9 Å². The third kappa shape index (κ3) is 3.99. The van der Waals surface area contributed by atoms with Gasteiger partial charge in [-0.2, -0.15) is 5.10 Å². The summed E-state index contributed by atoms with van der Waals surface area (Å²) < 4.78 is 0. The molecule has 1 saturated heterocycles. The van der Waals surface area contributed by atoms with Crippen molar-refractivity contribution in [1.29, 1.82) is 0 Å². The number of nitrogens with one attached hydrogen (secondary N) is 4. The van der Waals surface area contributed by atoms with Gasteiger partial charge in [-0.05, 0) is 17.0 Å². The molecule has 0 unspecified atom stereocenters. The van der Waals surface area contributed by atoms with Crippen molar-refractivity contribution in [2.24, 2.45) is 0 Å². The van der Waals surface area contributed by atoms with Gasteiger partial charge in [0.15, 0.2) is 0 Å². The van der Waals surface area contributed by atoms with E-state index in [1.54, 1.807) is 0 Å². The fourth-order valence-corrected chi connectivity index (χ4v) is 2.66. The first-order chi connectivity index (χ1) is 11.8. The van der Waals surface area contributed by atoms with Crippen LogP contribution in [-0.2, 0) is 16.8 Å². The van der Waals surface area contributed by atoms with Crippen LogP contribution in [0.3, 0.4) is 0 Å². The van der Waals surface area contributed by atoms with Gasteiger partial charge in [-0.15, -0.1) is 0 Å². The highest BCUT2D eigenvalue weighted by atomic mass is 16.2. The van der Waals surface area contributed by atoms with Crippen molar-refractivity contribution in [2.45, 2.75) is 38.8 Å². The molecule has 3 rings (SSSR count). The van der Waals surface area contributed by atoms with Crippen molar-refractivity contribution in [3.63, 3.8) is 0 Å². The normalized spacial score (nSPS) is 17.1. The van der Waals surface area contributed by atoms with Crippen LogP contribution in [0.5, 0.6) is 0 Å². The third-order valence-corrected chi connectivity index (χ3v) is 4.22.